The molecule has 1 aliphatic heterocycles. The lowest BCUT2D eigenvalue weighted by Gasteiger charge is -2.39. The van der Waals surface area contributed by atoms with Crippen molar-refractivity contribution in [2.24, 2.45) is 11.7 Å². The molecule has 1 saturated carbocycles. The molecular formula is C16H23ClN2O. The van der Waals surface area contributed by atoms with E-state index < -0.39 is 0 Å². The third-order valence-electron chi connectivity index (χ3n) is 4.70. The summed E-state index contributed by atoms with van der Waals surface area (Å²) in [6.45, 7) is 3.54. The van der Waals surface area contributed by atoms with Gasteiger partial charge in [-0.15, -0.1) is 12.4 Å². The predicted octanol–water partition coefficient (Wildman–Crippen LogP) is 2.86. The number of halogens is 1. The van der Waals surface area contributed by atoms with E-state index in [1.54, 1.807) is 0 Å². The zero-order valence-electron chi connectivity index (χ0n) is 12.0. The first-order chi connectivity index (χ1) is 9.08. The van der Waals surface area contributed by atoms with Gasteiger partial charge in [-0.05, 0) is 30.9 Å². The maximum Gasteiger partial charge on any atom is 0.228 e. The molecule has 0 saturated heterocycles. The molecule has 0 radical (unpaired) electrons. The van der Waals surface area contributed by atoms with Crippen LogP contribution in [0.2, 0.25) is 0 Å². The number of fused-ring (bicyclic) bond motifs is 1. The summed E-state index contributed by atoms with van der Waals surface area (Å²) in [6, 6.07) is 8.32. The molecule has 2 aliphatic rings. The minimum absolute atomic E-state index is 0. The van der Waals surface area contributed by atoms with Crippen molar-refractivity contribution >= 4 is 18.3 Å². The van der Waals surface area contributed by atoms with Gasteiger partial charge < -0.3 is 10.6 Å². The second kappa shape index (κ2) is 5.74. The summed E-state index contributed by atoms with van der Waals surface area (Å²) in [6.07, 6.45) is 4.18. The monoisotopic (exact) mass is 294 g/mol. The van der Waals surface area contributed by atoms with Crippen LogP contribution in [-0.2, 0) is 17.9 Å². The van der Waals surface area contributed by atoms with E-state index in [1.165, 1.54) is 11.1 Å². The van der Waals surface area contributed by atoms with Crippen LogP contribution in [0.15, 0.2) is 24.3 Å². The molecule has 1 heterocycles. The minimum atomic E-state index is -0.329. The molecule has 3 nitrogen and oxygen atoms in total. The van der Waals surface area contributed by atoms with Gasteiger partial charge in [-0.3, -0.25) is 4.79 Å². The fraction of sp³-hybridized carbons (Fsp3) is 0.562. The van der Waals surface area contributed by atoms with Gasteiger partial charge in [0, 0.05) is 18.6 Å². The number of benzene rings is 1. The Kier molecular flexibility index (Phi) is 4.40. The first-order valence-electron chi connectivity index (χ1n) is 7.22. The van der Waals surface area contributed by atoms with Crippen molar-refractivity contribution in [1.29, 1.82) is 0 Å². The van der Waals surface area contributed by atoms with E-state index in [9.17, 15) is 4.79 Å². The molecular weight excluding hydrogens is 272 g/mol. The lowest BCUT2D eigenvalue weighted by Crippen LogP contribution is -2.52. The molecule has 110 valence electrons. The van der Waals surface area contributed by atoms with Crippen molar-refractivity contribution in [3.63, 3.8) is 0 Å². The molecule has 0 spiro atoms. The summed E-state index contributed by atoms with van der Waals surface area (Å²) < 4.78 is 0. The van der Waals surface area contributed by atoms with Gasteiger partial charge in [-0.25, -0.2) is 0 Å². The summed E-state index contributed by atoms with van der Waals surface area (Å²) >= 11 is 0. The quantitative estimate of drug-likeness (QED) is 0.866. The number of nitrogens with two attached hydrogens (primary N) is 1. The molecule has 2 N–H and O–H groups in total. The Morgan fingerprint density at radius 3 is 2.40 bits per heavy atom. The van der Waals surface area contributed by atoms with Crippen LogP contribution in [0.4, 0.5) is 0 Å². The maximum absolute atomic E-state index is 12.7. The molecule has 1 aromatic carbocycles. The van der Waals surface area contributed by atoms with Crippen LogP contribution in [-0.4, -0.2) is 16.3 Å². The van der Waals surface area contributed by atoms with Gasteiger partial charge in [0.05, 0.1) is 5.92 Å². The lowest BCUT2D eigenvalue weighted by atomic mass is 9.74. The summed E-state index contributed by atoms with van der Waals surface area (Å²) in [7, 11) is 0. The van der Waals surface area contributed by atoms with Gasteiger partial charge in [-0.2, -0.15) is 0 Å². The zero-order chi connectivity index (χ0) is 13.5. The van der Waals surface area contributed by atoms with Crippen molar-refractivity contribution in [3.05, 3.63) is 35.4 Å². The lowest BCUT2D eigenvalue weighted by molar-refractivity contribution is -0.139. The summed E-state index contributed by atoms with van der Waals surface area (Å²) in [5.41, 5.74) is 8.58. The molecule has 0 bridgehead atoms. The van der Waals surface area contributed by atoms with E-state index in [0.717, 1.165) is 38.8 Å². The van der Waals surface area contributed by atoms with E-state index in [4.69, 9.17) is 5.73 Å². The Bertz CT molecular complexity index is 476. The van der Waals surface area contributed by atoms with Crippen LogP contribution in [0.5, 0.6) is 0 Å². The van der Waals surface area contributed by atoms with E-state index in [1.807, 2.05) is 24.0 Å². The number of rotatable bonds is 1. The highest BCUT2D eigenvalue weighted by atomic mass is 35.5. The molecule has 1 aliphatic carbocycles. The molecule has 1 aromatic rings. The normalized spacial score (nSPS) is 28.7. The van der Waals surface area contributed by atoms with E-state index in [0.29, 0.717) is 0 Å². The smallest absolute Gasteiger partial charge is 0.228 e. The highest BCUT2D eigenvalue weighted by Crippen LogP contribution is 2.35. The number of amides is 1. The number of carbonyl (C=O) groups is 1. The topological polar surface area (TPSA) is 46.3 Å². The maximum atomic E-state index is 12.7. The van der Waals surface area contributed by atoms with Gasteiger partial charge in [-0.1, -0.05) is 37.1 Å². The molecule has 4 heteroatoms. The van der Waals surface area contributed by atoms with Gasteiger partial charge in [0.25, 0.3) is 0 Å². The Morgan fingerprint density at radius 2 is 1.85 bits per heavy atom. The van der Waals surface area contributed by atoms with Crippen LogP contribution < -0.4 is 5.73 Å². The van der Waals surface area contributed by atoms with Gasteiger partial charge in [0.15, 0.2) is 0 Å². The van der Waals surface area contributed by atoms with Crippen molar-refractivity contribution in [2.45, 2.75) is 51.2 Å². The number of nitrogens with zero attached hydrogens (tertiary/aromatic N) is 1. The van der Waals surface area contributed by atoms with Crippen LogP contribution in [0, 0.1) is 5.92 Å². The largest absolute Gasteiger partial charge is 0.334 e. The summed E-state index contributed by atoms with van der Waals surface area (Å²) in [5, 5.41) is 0. The van der Waals surface area contributed by atoms with E-state index in [-0.39, 0.29) is 29.8 Å². The standard InChI is InChI=1S/C16H22N2O.ClH/c1-16(17)9-5-4-8-14(16)15(19)18-10-12-6-2-3-7-13(12)11-18;/h2-3,6-7,14H,4-5,8-11,17H2,1H3;1H. The molecule has 2 atom stereocenters. The second-order valence-electron chi connectivity index (χ2n) is 6.27. The average molecular weight is 295 g/mol. The van der Waals surface area contributed by atoms with Crippen molar-refractivity contribution in [2.75, 3.05) is 0 Å². The Labute approximate surface area is 126 Å². The second-order valence-corrected chi connectivity index (χ2v) is 6.27. The van der Waals surface area contributed by atoms with Crippen molar-refractivity contribution in [3.8, 4) is 0 Å². The average Bonchev–Trinajstić information content (AvgIpc) is 2.81. The predicted molar refractivity (Wildman–Crippen MR) is 82.5 cm³/mol. The van der Waals surface area contributed by atoms with Gasteiger partial charge in [0.1, 0.15) is 0 Å². The Hall–Kier alpha value is -1.06. The van der Waals surface area contributed by atoms with Crippen LogP contribution >= 0.6 is 12.4 Å². The fourth-order valence-electron chi connectivity index (χ4n) is 3.47. The highest BCUT2D eigenvalue weighted by molar-refractivity contribution is 5.85. The molecule has 1 amide bonds. The van der Waals surface area contributed by atoms with Crippen LogP contribution in [0.1, 0.15) is 43.7 Å². The Morgan fingerprint density at radius 1 is 1.25 bits per heavy atom. The van der Waals surface area contributed by atoms with E-state index in [2.05, 4.69) is 12.1 Å². The summed E-state index contributed by atoms with van der Waals surface area (Å²) in [5.74, 6) is 0.247. The first kappa shape index (κ1) is 15.3. The highest BCUT2D eigenvalue weighted by Gasteiger charge is 2.40. The Balaban J connectivity index is 0.00000147. The van der Waals surface area contributed by atoms with Crippen molar-refractivity contribution in [1.82, 2.24) is 4.90 Å². The molecule has 1 fully saturated rings. The molecule has 3 rings (SSSR count). The van der Waals surface area contributed by atoms with Crippen LogP contribution in [0.25, 0.3) is 0 Å². The number of hydrogen-bond donors (Lipinski definition) is 1. The third-order valence-corrected chi connectivity index (χ3v) is 4.70. The number of hydrogen-bond acceptors (Lipinski definition) is 2. The van der Waals surface area contributed by atoms with E-state index >= 15 is 0 Å². The zero-order valence-corrected chi connectivity index (χ0v) is 12.8. The molecule has 2 unspecified atom stereocenters. The number of carbonyl (C=O) groups excluding carboxylic acids is 1. The van der Waals surface area contributed by atoms with Gasteiger partial charge in [0.2, 0.25) is 5.91 Å². The molecule has 0 aromatic heterocycles. The van der Waals surface area contributed by atoms with Gasteiger partial charge >= 0.3 is 0 Å². The van der Waals surface area contributed by atoms with Crippen molar-refractivity contribution < 1.29 is 4.79 Å². The SMILES string of the molecule is CC1(N)CCCCC1C(=O)N1Cc2ccccc2C1.Cl. The third kappa shape index (κ3) is 2.70. The van der Waals surface area contributed by atoms with Crippen LogP contribution in [0.3, 0.4) is 0 Å². The first-order valence-corrected chi connectivity index (χ1v) is 7.22. The minimum Gasteiger partial charge on any atom is -0.334 e. The fourth-order valence-corrected chi connectivity index (χ4v) is 3.47. The summed E-state index contributed by atoms with van der Waals surface area (Å²) in [4.78, 5) is 14.7. The molecule has 20 heavy (non-hydrogen) atoms.